The molecule has 0 aromatic heterocycles. The van der Waals surface area contributed by atoms with Crippen LogP contribution in [0.1, 0.15) is 11.1 Å². The lowest BCUT2D eigenvalue weighted by molar-refractivity contribution is -0.532. The Labute approximate surface area is 566 Å². The fourth-order valence-electron chi connectivity index (χ4n) is 8.45. The maximum Gasteiger partial charge on any atom is 0.200 e. The van der Waals surface area contributed by atoms with E-state index in [0.717, 1.165) is 38.1 Å². The number of aliphatic hydroxyl groups is 4. The number of halogens is 1. The Bertz CT molecular complexity index is 2040. The Kier molecular flexibility index (Phi) is 59.2. The van der Waals surface area contributed by atoms with Gasteiger partial charge in [-0.25, -0.2) is 4.58 Å². The smallest absolute Gasteiger partial charge is 0.200 e. The van der Waals surface area contributed by atoms with Crippen LogP contribution in [0.2, 0.25) is 0 Å². The number of hydrogen-bond donors (Lipinski definition) is 4. The summed E-state index contributed by atoms with van der Waals surface area (Å²) in [4.78, 5) is 2.26. The summed E-state index contributed by atoms with van der Waals surface area (Å²) in [6.45, 7) is 19.9. The first-order valence-electron chi connectivity index (χ1n) is 32.9. The predicted octanol–water partition coefficient (Wildman–Crippen LogP) is 2.94. The molecule has 2 aromatic rings. The molecule has 0 unspecified atom stereocenters. The van der Waals surface area contributed by atoms with Crippen LogP contribution in [-0.2, 0) is 94.7 Å². The Balaban J connectivity index is 1.63. The zero-order valence-corrected chi connectivity index (χ0v) is 57.2. The number of benzene rings is 2. The monoisotopic (exact) mass is 1410 g/mol. The van der Waals surface area contributed by atoms with Gasteiger partial charge in [0.2, 0.25) is 0 Å². The number of rotatable bonds is 71. The Morgan fingerprint density at radius 1 is 0.298 bits per heavy atom. The molecule has 26 nitrogen and oxygen atoms in total. The van der Waals surface area contributed by atoms with Crippen molar-refractivity contribution in [3.05, 3.63) is 94.0 Å². The molecular weight excluding hydrogens is 1300 g/mol. The van der Waals surface area contributed by atoms with E-state index < -0.39 is 0 Å². The predicted molar refractivity (Wildman–Crippen MR) is 357 cm³/mol. The third kappa shape index (κ3) is 48.4. The summed E-state index contributed by atoms with van der Waals surface area (Å²) < 4.78 is 115. The Morgan fingerprint density at radius 2 is 0.564 bits per heavy atom. The van der Waals surface area contributed by atoms with Crippen LogP contribution < -0.4 is 4.90 Å². The maximum atomic E-state index is 8.80. The van der Waals surface area contributed by atoms with Gasteiger partial charge in [-0.1, -0.05) is 40.2 Å². The first-order chi connectivity index (χ1) is 46.6. The van der Waals surface area contributed by atoms with Crippen molar-refractivity contribution >= 4 is 32.9 Å². The fourth-order valence-corrected chi connectivity index (χ4v) is 8.85. The summed E-state index contributed by atoms with van der Waals surface area (Å²) >= 11 is 3.73. The molecule has 1 aliphatic carbocycles. The van der Waals surface area contributed by atoms with Crippen LogP contribution in [0.3, 0.4) is 0 Å². The van der Waals surface area contributed by atoms with Crippen molar-refractivity contribution in [1.29, 1.82) is 0 Å². The van der Waals surface area contributed by atoms with Gasteiger partial charge in [-0.2, -0.15) is 0 Å². The van der Waals surface area contributed by atoms with Crippen molar-refractivity contribution in [2.45, 2.75) is 0 Å². The minimum atomic E-state index is -0.00493. The first kappa shape index (κ1) is 84.9. The quantitative estimate of drug-likeness (QED) is 0.0548. The van der Waals surface area contributed by atoms with E-state index in [1.807, 2.05) is 6.07 Å². The van der Waals surface area contributed by atoms with E-state index >= 15 is 0 Å². The highest BCUT2D eigenvalue weighted by molar-refractivity contribution is 9.10. The lowest BCUT2D eigenvalue weighted by Crippen LogP contribution is -2.31. The summed E-state index contributed by atoms with van der Waals surface area (Å²) in [5, 5.41) is 35.2. The molecule has 0 heterocycles. The molecule has 4 N–H and O–H groups in total. The number of ether oxygens (including phenoxy) is 20. The number of hydrogen-bond acceptors (Lipinski definition) is 25. The maximum absolute atomic E-state index is 8.80. The zero-order valence-electron chi connectivity index (χ0n) is 55.6. The number of allylic oxidation sites excluding steroid dienone is 5. The molecule has 0 saturated carbocycles. The molecule has 0 spiro atoms. The van der Waals surface area contributed by atoms with Gasteiger partial charge in [0.05, 0.1) is 277 Å². The van der Waals surface area contributed by atoms with Gasteiger partial charge in [0.15, 0.2) is 18.8 Å². The lowest BCUT2D eigenvalue weighted by atomic mass is 9.90. The van der Waals surface area contributed by atoms with Gasteiger partial charge in [-0.15, -0.1) is 0 Å². The molecule has 0 aliphatic heterocycles. The van der Waals surface area contributed by atoms with Gasteiger partial charge in [-0.05, 0) is 58.7 Å². The number of anilines is 1. The van der Waals surface area contributed by atoms with Gasteiger partial charge in [0.1, 0.15) is 13.2 Å². The second-order valence-corrected chi connectivity index (χ2v) is 21.0. The third-order valence-corrected chi connectivity index (χ3v) is 13.6. The second kappa shape index (κ2) is 65.6. The summed E-state index contributed by atoms with van der Waals surface area (Å²) in [5.74, 6) is 0. The van der Waals surface area contributed by atoms with Crippen LogP contribution in [0.25, 0.3) is 5.57 Å². The molecule has 1 aliphatic rings. The highest BCUT2D eigenvalue weighted by Crippen LogP contribution is 2.32. The van der Waals surface area contributed by atoms with Crippen LogP contribution in [0.15, 0.2) is 82.9 Å². The highest BCUT2D eigenvalue weighted by atomic mass is 79.9. The van der Waals surface area contributed by atoms with E-state index in [9.17, 15) is 0 Å². The van der Waals surface area contributed by atoms with Crippen LogP contribution in [-0.4, -0.2) is 348 Å². The van der Waals surface area contributed by atoms with E-state index in [1.54, 1.807) is 0 Å². The van der Waals surface area contributed by atoms with Crippen LogP contribution >= 0.6 is 15.9 Å². The summed E-state index contributed by atoms with van der Waals surface area (Å²) in [7, 11) is 0. The van der Waals surface area contributed by atoms with Gasteiger partial charge in [0.25, 0.3) is 0 Å². The summed E-state index contributed by atoms with van der Waals surface area (Å²) in [6, 6.07) is 17.0. The van der Waals surface area contributed by atoms with Crippen LogP contribution in [0, 0.1) is 0 Å². The van der Waals surface area contributed by atoms with Gasteiger partial charge < -0.3 is 120 Å². The van der Waals surface area contributed by atoms with E-state index in [2.05, 4.69) is 92.2 Å². The van der Waals surface area contributed by atoms with E-state index in [4.69, 9.17) is 115 Å². The van der Waals surface area contributed by atoms with Crippen molar-refractivity contribution < 1.29 is 120 Å². The minimum Gasteiger partial charge on any atom is -0.394 e. The lowest BCUT2D eigenvalue weighted by Gasteiger charge is -2.25. The van der Waals surface area contributed by atoms with Crippen molar-refractivity contribution in [1.82, 2.24) is 0 Å². The second-order valence-electron chi connectivity index (χ2n) is 20.1. The average Bonchev–Trinajstić information content (AvgIpc) is 0.829. The standard InChI is InChI=1S/C67H112BrN2O24/c68-64-3-1-2-63(60-64)67(61-4-8-65(9-5-61)69(12-20-75-28-36-83-44-52-91-56-48-87-40-32-79-24-16-71)13-21-76-29-37-84-45-53-92-57-49-88-41-33-80-25-17-72)62-6-10-66(11-7-62)70(14-22-77-30-38-85-46-54-93-58-50-89-42-34-81-26-18-73)15-23-78-31-39-86-47-55-94-59-51-90-43-35-82-27-19-74/h1-11,60,71-74H,12-59H2/q+1. The largest absolute Gasteiger partial charge is 0.394 e. The zero-order chi connectivity index (χ0) is 66.8. The normalized spacial score (nSPS) is 12.3. The highest BCUT2D eigenvalue weighted by Gasteiger charge is 2.18. The number of aliphatic hydroxyl groups excluding tert-OH is 4. The van der Waals surface area contributed by atoms with E-state index in [-0.39, 0.29) is 26.4 Å². The van der Waals surface area contributed by atoms with Crippen molar-refractivity contribution in [3.63, 3.8) is 0 Å². The fraction of sp³-hybridized carbons (Fsp3) is 0.716. The van der Waals surface area contributed by atoms with Gasteiger partial charge in [-0.3, -0.25) is 0 Å². The molecule has 540 valence electrons. The molecule has 2 aromatic carbocycles. The summed E-state index contributed by atoms with van der Waals surface area (Å²) in [5.41, 5.74) is 6.29. The van der Waals surface area contributed by atoms with Crippen molar-refractivity contribution in [2.24, 2.45) is 0 Å². The average molecular weight is 1410 g/mol. The molecule has 0 atom stereocenters. The molecular formula is C67H112BrN2O24+. The first-order valence-corrected chi connectivity index (χ1v) is 33.7. The third-order valence-electron chi connectivity index (χ3n) is 13.1. The van der Waals surface area contributed by atoms with Crippen molar-refractivity contribution in [2.75, 3.05) is 322 Å². The van der Waals surface area contributed by atoms with Gasteiger partial charge in [0, 0.05) is 35.4 Å². The molecule has 27 heteroatoms. The Morgan fingerprint density at radius 3 is 0.840 bits per heavy atom. The molecule has 0 amide bonds. The van der Waals surface area contributed by atoms with E-state index in [1.165, 1.54) is 0 Å². The van der Waals surface area contributed by atoms with Crippen LogP contribution in [0.5, 0.6) is 0 Å². The molecule has 3 rings (SSSR count). The van der Waals surface area contributed by atoms with Gasteiger partial charge >= 0.3 is 0 Å². The molecule has 0 saturated heterocycles. The minimum absolute atomic E-state index is 0.00493. The summed E-state index contributed by atoms with van der Waals surface area (Å²) in [6.07, 6.45) is 8.63. The molecule has 94 heavy (non-hydrogen) atoms. The molecule has 0 fully saturated rings. The Hall–Kier alpha value is -3.35. The van der Waals surface area contributed by atoms with Crippen LogP contribution in [0.4, 0.5) is 5.69 Å². The number of nitrogens with zero attached hydrogens (tertiary/aromatic N) is 2. The SMILES string of the molecule is OCCOCCOCCOCCOCCOCCN(CCOCCOCCOCCOCCOCCO)c1ccc(C(=C2C=CC(=[N+](CCOCCOCCOCCOCCOCCO)CCOCCOCCOCCOCCOCCO)C=C2)c2cccc(Br)c2)cc1. The molecule has 0 bridgehead atoms. The molecule has 0 radical (unpaired) electrons. The van der Waals surface area contributed by atoms with Crippen molar-refractivity contribution in [3.8, 4) is 0 Å². The van der Waals surface area contributed by atoms with E-state index in [0.29, 0.717) is 290 Å². The topological polar surface area (TPSA) is 272 Å².